The van der Waals surface area contributed by atoms with E-state index in [1.807, 2.05) is 6.08 Å². The molecule has 0 fully saturated rings. The van der Waals surface area contributed by atoms with Crippen molar-refractivity contribution < 1.29 is 20.1 Å². The SMILES string of the molecule is CCCCCCCCCCC/C=C\C/C=C\CCCCCCCCC(O)C(=O)NC(CO)C(O)/C=C/CC/C=C/CCCCCCCCCCCCCCCCCCCCC. The van der Waals surface area contributed by atoms with Gasteiger partial charge in [0.25, 0.3) is 0 Å². The lowest BCUT2D eigenvalue weighted by molar-refractivity contribution is -0.131. The second-order valence-corrected chi connectivity index (χ2v) is 18.4. The molecule has 0 heterocycles. The van der Waals surface area contributed by atoms with E-state index in [1.165, 1.54) is 205 Å². The first-order valence-corrected chi connectivity index (χ1v) is 27.0. The standard InChI is InChI=1S/C56H105NO4/c1-3-5-7-9-11-13-15-17-19-21-23-25-27-28-29-31-32-34-36-38-40-42-44-46-48-50-54(59)53(52-58)57-56(61)55(60)51-49-47-45-43-41-39-37-35-33-30-26-24-22-20-18-16-14-12-10-8-6-4-2/h24,26,33,35,40,42,48,50,53-55,58-60H,3-23,25,27-32,34,36-39,41,43-47,49,51-52H2,1-2H3,(H,57,61)/b26-24-,35-33-,42-40+,50-48+. The molecule has 0 aromatic carbocycles. The van der Waals surface area contributed by atoms with E-state index in [-0.39, 0.29) is 6.61 Å². The number of carbonyl (C=O) groups excluding carboxylic acids is 1. The summed E-state index contributed by atoms with van der Waals surface area (Å²) in [5, 5.41) is 33.3. The highest BCUT2D eigenvalue weighted by Gasteiger charge is 2.22. The van der Waals surface area contributed by atoms with Crippen LogP contribution in [-0.4, -0.2) is 46.1 Å². The minimum Gasteiger partial charge on any atom is -0.394 e. The molecule has 4 N–H and O–H groups in total. The lowest BCUT2D eigenvalue weighted by atomic mass is 10.0. The summed E-state index contributed by atoms with van der Waals surface area (Å²) in [5.41, 5.74) is 0. The molecule has 0 aliphatic rings. The zero-order valence-corrected chi connectivity index (χ0v) is 40.8. The van der Waals surface area contributed by atoms with Crippen LogP contribution in [-0.2, 0) is 4.79 Å². The highest BCUT2D eigenvalue weighted by Crippen LogP contribution is 2.16. The molecule has 61 heavy (non-hydrogen) atoms. The maximum Gasteiger partial charge on any atom is 0.249 e. The number of nitrogens with one attached hydrogen (secondary N) is 1. The van der Waals surface area contributed by atoms with Crippen LogP contribution in [0.3, 0.4) is 0 Å². The summed E-state index contributed by atoms with van der Waals surface area (Å²) < 4.78 is 0. The topological polar surface area (TPSA) is 89.8 Å². The number of hydrogen-bond donors (Lipinski definition) is 4. The number of aliphatic hydroxyl groups is 3. The van der Waals surface area contributed by atoms with Gasteiger partial charge in [0.05, 0.1) is 18.8 Å². The smallest absolute Gasteiger partial charge is 0.249 e. The van der Waals surface area contributed by atoms with Gasteiger partial charge in [0.15, 0.2) is 0 Å². The van der Waals surface area contributed by atoms with Gasteiger partial charge < -0.3 is 20.6 Å². The second-order valence-electron chi connectivity index (χ2n) is 18.4. The van der Waals surface area contributed by atoms with Crippen LogP contribution in [0.1, 0.15) is 277 Å². The van der Waals surface area contributed by atoms with Crippen LogP contribution in [0.25, 0.3) is 0 Å². The summed E-state index contributed by atoms with van der Waals surface area (Å²) in [7, 11) is 0. The Bertz CT molecular complexity index is 989. The van der Waals surface area contributed by atoms with Gasteiger partial charge >= 0.3 is 0 Å². The van der Waals surface area contributed by atoms with Crippen molar-refractivity contribution in [3.05, 3.63) is 48.6 Å². The minimum atomic E-state index is -1.12. The number of rotatable bonds is 49. The Hall–Kier alpha value is -1.69. The molecular weight excluding hydrogens is 751 g/mol. The van der Waals surface area contributed by atoms with Gasteiger partial charge in [-0.15, -0.1) is 0 Å². The van der Waals surface area contributed by atoms with Crippen LogP contribution in [0.4, 0.5) is 0 Å². The third kappa shape index (κ3) is 46.1. The van der Waals surface area contributed by atoms with E-state index < -0.39 is 24.2 Å². The highest BCUT2D eigenvalue weighted by atomic mass is 16.3. The fourth-order valence-corrected chi connectivity index (χ4v) is 8.17. The van der Waals surface area contributed by atoms with Crippen LogP contribution in [0.15, 0.2) is 48.6 Å². The van der Waals surface area contributed by atoms with Gasteiger partial charge in [-0.1, -0.05) is 262 Å². The fraction of sp³-hybridized carbons (Fsp3) is 0.839. The minimum absolute atomic E-state index is 0.380. The van der Waals surface area contributed by atoms with Crippen molar-refractivity contribution >= 4 is 5.91 Å². The van der Waals surface area contributed by atoms with E-state index in [0.29, 0.717) is 6.42 Å². The van der Waals surface area contributed by atoms with Gasteiger partial charge in [-0.05, 0) is 64.2 Å². The monoisotopic (exact) mass is 856 g/mol. The summed E-state index contributed by atoms with van der Waals surface area (Å²) in [6.45, 7) is 4.19. The Morgan fingerprint density at radius 2 is 0.721 bits per heavy atom. The van der Waals surface area contributed by atoms with Crippen molar-refractivity contribution in [3.63, 3.8) is 0 Å². The summed E-state index contributed by atoms with van der Waals surface area (Å²) in [6.07, 6.45) is 67.5. The average Bonchev–Trinajstić information content (AvgIpc) is 3.26. The number of amides is 1. The van der Waals surface area contributed by atoms with E-state index in [1.54, 1.807) is 6.08 Å². The number of allylic oxidation sites excluding steroid dienone is 7. The molecule has 0 aromatic heterocycles. The second kappa shape index (κ2) is 50.9. The number of hydrogen-bond acceptors (Lipinski definition) is 4. The van der Waals surface area contributed by atoms with Gasteiger partial charge in [-0.2, -0.15) is 0 Å². The first-order chi connectivity index (χ1) is 30.1. The number of aliphatic hydroxyl groups excluding tert-OH is 3. The van der Waals surface area contributed by atoms with Gasteiger partial charge in [0.2, 0.25) is 5.91 Å². The van der Waals surface area contributed by atoms with E-state index in [2.05, 4.69) is 55.6 Å². The molecule has 0 aliphatic carbocycles. The summed E-state index contributed by atoms with van der Waals surface area (Å²) >= 11 is 0. The van der Waals surface area contributed by atoms with Crippen LogP contribution >= 0.6 is 0 Å². The van der Waals surface area contributed by atoms with Crippen LogP contribution < -0.4 is 5.32 Å². The Labute approximate surface area is 380 Å². The van der Waals surface area contributed by atoms with Crippen molar-refractivity contribution in [2.75, 3.05) is 6.61 Å². The number of unbranched alkanes of at least 4 members (excludes halogenated alkanes) is 35. The van der Waals surface area contributed by atoms with Crippen molar-refractivity contribution in [3.8, 4) is 0 Å². The zero-order valence-electron chi connectivity index (χ0n) is 40.8. The normalized spacial score (nSPS) is 13.7. The molecule has 0 radical (unpaired) electrons. The maximum absolute atomic E-state index is 12.5. The summed E-state index contributed by atoms with van der Waals surface area (Å²) in [6, 6.07) is -0.821. The van der Waals surface area contributed by atoms with Crippen LogP contribution in [0, 0.1) is 0 Å². The first-order valence-electron chi connectivity index (χ1n) is 27.0. The summed E-state index contributed by atoms with van der Waals surface area (Å²) in [5.74, 6) is -0.519. The lowest BCUT2D eigenvalue weighted by Gasteiger charge is -2.21. The van der Waals surface area contributed by atoms with E-state index >= 15 is 0 Å². The fourth-order valence-electron chi connectivity index (χ4n) is 8.17. The molecule has 0 saturated carbocycles. The average molecular weight is 856 g/mol. The van der Waals surface area contributed by atoms with Crippen molar-refractivity contribution in [2.24, 2.45) is 0 Å². The third-order valence-corrected chi connectivity index (χ3v) is 12.4. The van der Waals surface area contributed by atoms with E-state index in [0.717, 1.165) is 51.4 Å². The molecule has 0 aromatic rings. The maximum atomic E-state index is 12.5. The third-order valence-electron chi connectivity index (χ3n) is 12.4. The molecule has 3 unspecified atom stereocenters. The van der Waals surface area contributed by atoms with Gasteiger partial charge in [0.1, 0.15) is 6.10 Å². The number of carbonyl (C=O) groups is 1. The van der Waals surface area contributed by atoms with E-state index in [4.69, 9.17) is 0 Å². The van der Waals surface area contributed by atoms with Crippen LogP contribution in [0.5, 0.6) is 0 Å². The largest absolute Gasteiger partial charge is 0.394 e. The molecule has 0 spiro atoms. The summed E-state index contributed by atoms with van der Waals surface area (Å²) in [4.78, 5) is 12.5. The van der Waals surface area contributed by atoms with Crippen molar-refractivity contribution in [2.45, 2.75) is 295 Å². The molecule has 0 bridgehead atoms. The molecule has 5 heteroatoms. The predicted octanol–water partition coefficient (Wildman–Crippen LogP) is 16.4. The Morgan fingerprint density at radius 3 is 1.10 bits per heavy atom. The Kier molecular flexibility index (Phi) is 49.5. The van der Waals surface area contributed by atoms with Crippen molar-refractivity contribution in [1.82, 2.24) is 5.32 Å². The van der Waals surface area contributed by atoms with Gasteiger partial charge in [0, 0.05) is 0 Å². The first kappa shape index (κ1) is 59.3. The molecule has 0 saturated heterocycles. The lowest BCUT2D eigenvalue weighted by Crippen LogP contribution is -2.48. The molecule has 3 atom stereocenters. The van der Waals surface area contributed by atoms with E-state index in [9.17, 15) is 20.1 Å². The molecule has 358 valence electrons. The molecule has 0 aliphatic heterocycles. The van der Waals surface area contributed by atoms with Crippen molar-refractivity contribution in [1.29, 1.82) is 0 Å². The highest BCUT2D eigenvalue weighted by molar-refractivity contribution is 5.80. The molecule has 1 amide bonds. The Morgan fingerprint density at radius 1 is 0.410 bits per heavy atom. The molecular formula is C56H105NO4. The molecule has 5 nitrogen and oxygen atoms in total. The zero-order chi connectivity index (χ0) is 44.4. The van der Waals surface area contributed by atoms with Gasteiger partial charge in [-0.25, -0.2) is 0 Å². The quantitative estimate of drug-likeness (QED) is 0.0362. The van der Waals surface area contributed by atoms with Crippen LogP contribution in [0.2, 0.25) is 0 Å². The Balaban J connectivity index is 3.66. The molecule has 0 rings (SSSR count). The van der Waals surface area contributed by atoms with Gasteiger partial charge in [-0.3, -0.25) is 4.79 Å². The predicted molar refractivity (Wildman–Crippen MR) is 268 cm³/mol.